The average Bonchev–Trinajstić information content (AvgIpc) is 3.41. The molecule has 2 N–H and O–H groups in total. The van der Waals surface area contributed by atoms with Crippen molar-refractivity contribution < 1.29 is 11.0 Å². The normalized spacial score (nSPS) is 12.6. The Hall–Kier alpha value is -4.82. The number of amides is 2. The summed E-state index contributed by atoms with van der Waals surface area (Å²) >= 11 is 1.58. The minimum absolute atomic E-state index is 0. The number of fused-ring (bicyclic) bond motifs is 2. The Balaban J connectivity index is 0.00000115. The zero-order valence-corrected chi connectivity index (χ0v) is 21.3. The van der Waals surface area contributed by atoms with Gasteiger partial charge in [0.15, 0.2) is 0 Å². The molecule has 0 radical (unpaired) electrons. The van der Waals surface area contributed by atoms with Crippen molar-refractivity contribution in [1.29, 1.82) is 11.1 Å². The summed E-state index contributed by atoms with van der Waals surface area (Å²) in [7, 11) is 1.94. The maximum Gasteiger partial charge on any atom is 0.266 e. The highest BCUT2D eigenvalue weighted by atomic mass is 32.2. The van der Waals surface area contributed by atoms with Crippen molar-refractivity contribution in [3.8, 4) is 0 Å². The molecule has 5 aromatic rings. The van der Waals surface area contributed by atoms with Gasteiger partial charge in [-0.05, 0) is 60.2 Å². The number of nitrogens with one attached hydrogen (secondary N) is 2. The molecule has 0 fully saturated rings. The van der Waals surface area contributed by atoms with E-state index in [2.05, 4.69) is 36.4 Å². The SMILES string of the molecule is Cn1nc(/C=C/c2ccccc2)c2ccc(Sc3cccc(N4C(=O)c5ccccc5C4=O)c3)cc21.N=N.[HH]. The number of benzene rings is 4. The van der Waals surface area contributed by atoms with E-state index >= 15 is 0 Å². The van der Waals surface area contributed by atoms with Gasteiger partial charge in [0, 0.05) is 23.7 Å². The molecular formula is C30H25N5O2S. The van der Waals surface area contributed by atoms with Gasteiger partial charge in [-0.3, -0.25) is 14.3 Å². The number of aromatic nitrogens is 2. The Morgan fingerprint density at radius 1 is 0.763 bits per heavy atom. The highest BCUT2D eigenvalue weighted by Crippen LogP contribution is 2.35. The predicted molar refractivity (Wildman–Crippen MR) is 152 cm³/mol. The minimum atomic E-state index is -0.287. The van der Waals surface area contributed by atoms with E-state index in [-0.39, 0.29) is 13.2 Å². The van der Waals surface area contributed by atoms with Gasteiger partial charge >= 0.3 is 0 Å². The number of nitrogens with zero attached hydrogens (tertiary/aromatic N) is 3. The first-order chi connectivity index (χ1) is 18.6. The van der Waals surface area contributed by atoms with Gasteiger partial charge in [-0.1, -0.05) is 66.4 Å². The van der Waals surface area contributed by atoms with Crippen molar-refractivity contribution >= 4 is 52.3 Å². The molecular weight excluding hydrogens is 494 g/mol. The second kappa shape index (κ2) is 10.7. The van der Waals surface area contributed by atoms with E-state index < -0.39 is 0 Å². The average molecular weight is 520 g/mol. The third-order valence-corrected chi connectivity index (χ3v) is 7.17. The first kappa shape index (κ1) is 24.9. The van der Waals surface area contributed by atoms with Gasteiger partial charge in [0.05, 0.1) is 28.0 Å². The molecule has 6 rings (SSSR count). The lowest BCUT2D eigenvalue weighted by atomic mass is 10.1. The second-order valence-corrected chi connectivity index (χ2v) is 9.67. The maximum absolute atomic E-state index is 12.9. The van der Waals surface area contributed by atoms with Crippen molar-refractivity contribution in [1.82, 2.24) is 9.78 Å². The number of carbonyl (C=O) groups excluding carboxylic acids is 2. The van der Waals surface area contributed by atoms with Crippen LogP contribution in [-0.2, 0) is 7.05 Å². The summed E-state index contributed by atoms with van der Waals surface area (Å²) < 4.78 is 1.89. The molecule has 1 aliphatic heterocycles. The van der Waals surface area contributed by atoms with Gasteiger partial charge in [0.25, 0.3) is 11.8 Å². The number of carbonyl (C=O) groups is 2. The summed E-state index contributed by atoms with van der Waals surface area (Å²) in [5, 5.41) is 5.77. The molecule has 0 saturated carbocycles. The lowest BCUT2D eigenvalue weighted by molar-refractivity contribution is 0.0926. The summed E-state index contributed by atoms with van der Waals surface area (Å²) in [6, 6.07) is 30.9. The minimum Gasteiger partial charge on any atom is -0.268 e. The Morgan fingerprint density at radius 2 is 1.42 bits per heavy atom. The summed E-state index contributed by atoms with van der Waals surface area (Å²) in [5.41, 5.74) is 14.5. The number of anilines is 1. The fourth-order valence-corrected chi connectivity index (χ4v) is 5.34. The third kappa shape index (κ3) is 4.65. The molecule has 0 aliphatic carbocycles. The van der Waals surface area contributed by atoms with Crippen molar-refractivity contribution in [3.05, 3.63) is 119 Å². The Labute approximate surface area is 225 Å². The summed E-state index contributed by atoms with van der Waals surface area (Å²) in [5.74, 6) is -0.574. The maximum atomic E-state index is 12.9. The highest BCUT2D eigenvalue weighted by molar-refractivity contribution is 7.99. The lowest BCUT2D eigenvalue weighted by Crippen LogP contribution is -2.29. The van der Waals surface area contributed by atoms with Crippen LogP contribution in [0.5, 0.6) is 0 Å². The van der Waals surface area contributed by atoms with E-state index in [1.165, 1.54) is 4.90 Å². The van der Waals surface area contributed by atoms with Gasteiger partial charge < -0.3 is 0 Å². The molecule has 0 bridgehead atoms. The van der Waals surface area contributed by atoms with Crippen LogP contribution in [-0.4, -0.2) is 21.6 Å². The Morgan fingerprint density at radius 3 is 2.13 bits per heavy atom. The Bertz CT molecular complexity index is 1670. The van der Waals surface area contributed by atoms with E-state index in [0.717, 1.165) is 32.0 Å². The van der Waals surface area contributed by atoms with Crippen LogP contribution in [0.1, 0.15) is 33.4 Å². The van der Waals surface area contributed by atoms with Crippen LogP contribution in [0.4, 0.5) is 5.69 Å². The number of imide groups is 1. The first-order valence-corrected chi connectivity index (χ1v) is 12.6. The number of hydrogen-bond donors (Lipinski definition) is 2. The van der Waals surface area contributed by atoms with Gasteiger partial charge in [0.1, 0.15) is 0 Å². The molecule has 0 unspecified atom stereocenters. The topological polar surface area (TPSA) is 103 Å². The quantitative estimate of drug-likeness (QED) is 0.185. The highest BCUT2D eigenvalue weighted by Gasteiger charge is 2.36. The number of rotatable bonds is 5. The van der Waals surface area contributed by atoms with Crippen molar-refractivity contribution in [2.75, 3.05) is 4.90 Å². The molecule has 1 aliphatic rings. The van der Waals surface area contributed by atoms with Crippen molar-refractivity contribution in [3.63, 3.8) is 0 Å². The monoisotopic (exact) mass is 519 g/mol. The molecule has 7 nitrogen and oxygen atoms in total. The van der Waals surface area contributed by atoms with Crippen LogP contribution < -0.4 is 4.90 Å². The van der Waals surface area contributed by atoms with Gasteiger partial charge in [-0.2, -0.15) is 5.10 Å². The lowest BCUT2D eigenvalue weighted by Gasteiger charge is -2.15. The van der Waals surface area contributed by atoms with Gasteiger partial charge in [0.2, 0.25) is 0 Å². The number of aryl methyl sites for hydroxylation is 1. The van der Waals surface area contributed by atoms with E-state index in [4.69, 9.17) is 16.2 Å². The smallest absolute Gasteiger partial charge is 0.266 e. The van der Waals surface area contributed by atoms with E-state index in [1.54, 1.807) is 42.1 Å². The predicted octanol–water partition coefficient (Wildman–Crippen LogP) is 7.54. The fourth-order valence-electron chi connectivity index (χ4n) is 4.44. The molecule has 8 heteroatoms. The zero-order valence-electron chi connectivity index (χ0n) is 20.5. The third-order valence-electron chi connectivity index (χ3n) is 6.19. The summed E-state index contributed by atoms with van der Waals surface area (Å²) in [6.45, 7) is 0. The van der Waals surface area contributed by atoms with E-state index in [9.17, 15) is 9.59 Å². The standard InChI is InChI=1S/C30H21N3O2S.H2N2.H2/c1-32-28-19-23(15-16-26(28)27(31-32)17-14-20-8-3-2-4-9-20)36-22-11-7-10-21(18-22)33-29(34)24-12-5-6-13-25(24)30(33)35;1-2;/h2-19H,1H3;1-2H;1H/b17-14+;;. The molecule has 4 aromatic carbocycles. The van der Waals surface area contributed by atoms with Gasteiger partial charge in [-0.25, -0.2) is 16.0 Å². The molecule has 1 aromatic heterocycles. The van der Waals surface area contributed by atoms with Crippen LogP contribution >= 0.6 is 11.8 Å². The van der Waals surface area contributed by atoms with Crippen LogP contribution in [0.2, 0.25) is 0 Å². The molecule has 0 atom stereocenters. The molecule has 0 spiro atoms. The largest absolute Gasteiger partial charge is 0.268 e. The van der Waals surface area contributed by atoms with E-state index in [1.807, 2.05) is 54.2 Å². The number of hydrogen-bond acceptors (Lipinski definition) is 6. The van der Waals surface area contributed by atoms with Crippen molar-refractivity contribution in [2.24, 2.45) is 7.05 Å². The molecule has 188 valence electrons. The molecule has 2 heterocycles. The van der Waals surface area contributed by atoms with Crippen LogP contribution in [0.3, 0.4) is 0 Å². The second-order valence-electron chi connectivity index (χ2n) is 8.52. The van der Waals surface area contributed by atoms with Crippen molar-refractivity contribution in [2.45, 2.75) is 9.79 Å². The Kier molecular flexibility index (Phi) is 6.97. The van der Waals surface area contributed by atoms with Crippen LogP contribution in [0.25, 0.3) is 23.1 Å². The molecule has 2 amide bonds. The summed E-state index contributed by atoms with van der Waals surface area (Å²) in [6.07, 6.45) is 4.10. The molecule has 0 saturated heterocycles. The van der Waals surface area contributed by atoms with Crippen LogP contribution in [0.15, 0.2) is 107 Å². The fraction of sp³-hybridized carbons (Fsp3) is 0.0333. The zero-order chi connectivity index (χ0) is 26.6. The molecule has 38 heavy (non-hydrogen) atoms. The van der Waals surface area contributed by atoms with Gasteiger partial charge in [-0.15, -0.1) is 0 Å². The first-order valence-electron chi connectivity index (χ1n) is 11.8. The summed E-state index contributed by atoms with van der Waals surface area (Å²) in [4.78, 5) is 29.0. The van der Waals surface area contributed by atoms with Crippen LogP contribution in [0, 0.1) is 11.1 Å². The van der Waals surface area contributed by atoms with E-state index in [0.29, 0.717) is 16.8 Å².